The van der Waals surface area contributed by atoms with Crippen molar-refractivity contribution in [2.75, 3.05) is 6.54 Å². The summed E-state index contributed by atoms with van der Waals surface area (Å²) in [6.07, 6.45) is -2.47. The van der Waals surface area contributed by atoms with Gasteiger partial charge in [-0.15, -0.1) is 0 Å². The minimum Gasteiger partial charge on any atom is -0.481 e. The van der Waals surface area contributed by atoms with Gasteiger partial charge in [-0.3, -0.25) is 14.3 Å². The van der Waals surface area contributed by atoms with Crippen molar-refractivity contribution in [3.8, 4) is 0 Å². The first-order chi connectivity index (χ1) is 12.6. The number of carboxylic acids is 1. The fourth-order valence-electron chi connectivity index (χ4n) is 2.59. The summed E-state index contributed by atoms with van der Waals surface area (Å²) in [4.78, 5) is 23.2. The van der Waals surface area contributed by atoms with Crippen molar-refractivity contribution in [2.24, 2.45) is 5.41 Å². The van der Waals surface area contributed by atoms with Crippen LogP contribution in [-0.4, -0.2) is 33.3 Å². The van der Waals surface area contributed by atoms with Gasteiger partial charge in [-0.2, -0.15) is 18.3 Å². The number of benzene rings is 1. The summed E-state index contributed by atoms with van der Waals surface area (Å²) < 4.78 is 39.2. The first-order valence-corrected chi connectivity index (χ1v) is 8.39. The molecule has 2 N–H and O–H groups in total. The maximum absolute atomic E-state index is 12.7. The van der Waals surface area contributed by atoms with Gasteiger partial charge in [0.15, 0.2) is 5.69 Å². The molecule has 1 saturated carbocycles. The summed E-state index contributed by atoms with van der Waals surface area (Å²) >= 11 is 5.56. The molecule has 1 amide bonds. The van der Waals surface area contributed by atoms with E-state index in [1.54, 1.807) is 12.1 Å². The number of carboxylic acid groups (broad SMARTS) is 1. The van der Waals surface area contributed by atoms with Gasteiger partial charge < -0.3 is 10.4 Å². The molecule has 0 spiro atoms. The fourth-order valence-corrected chi connectivity index (χ4v) is 2.85. The molecule has 6 nitrogen and oxygen atoms in total. The molecule has 0 radical (unpaired) electrons. The van der Waals surface area contributed by atoms with Crippen LogP contribution in [0.3, 0.4) is 0 Å². The average Bonchev–Trinajstić information content (AvgIpc) is 3.30. The van der Waals surface area contributed by atoms with Crippen LogP contribution < -0.4 is 5.32 Å². The number of aliphatic carboxylic acids is 1. The van der Waals surface area contributed by atoms with Crippen LogP contribution in [0.25, 0.3) is 0 Å². The lowest BCUT2D eigenvalue weighted by Gasteiger charge is -2.11. The number of rotatable bonds is 6. The third kappa shape index (κ3) is 4.24. The lowest BCUT2D eigenvalue weighted by atomic mass is 10.1. The van der Waals surface area contributed by atoms with Crippen molar-refractivity contribution in [3.63, 3.8) is 0 Å². The van der Waals surface area contributed by atoms with E-state index < -0.39 is 34.2 Å². The number of amides is 1. The number of nitrogens with zero attached hydrogens (tertiary/aromatic N) is 2. The Morgan fingerprint density at radius 1 is 1.26 bits per heavy atom. The van der Waals surface area contributed by atoms with Crippen LogP contribution in [0.4, 0.5) is 13.2 Å². The summed E-state index contributed by atoms with van der Waals surface area (Å²) in [6, 6.07) is 6.20. The SMILES string of the molecule is O=C(NCC1(C(=O)O)CC1)c1ccc(Cn2cc(Cl)c(C(F)(F)F)n2)cc1. The maximum atomic E-state index is 12.7. The molecular formula is C17H15ClF3N3O3. The van der Waals surface area contributed by atoms with Crippen LogP contribution in [0.5, 0.6) is 0 Å². The number of alkyl halides is 3. The average molecular weight is 402 g/mol. The van der Waals surface area contributed by atoms with Gasteiger partial charge in [0, 0.05) is 18.3 Å². The van der Waals surface area contributed by atoms with Gasteiger partial charge in [-0.25, -0.2) is 0 Å². The molecule has 10 heteroatoms. The first-order valence-electron chi connectivity index (χ1n) is 8.01. The van der Waals surface area contributed by atoms with Crippen molar-refractivity contribution in [3.05, 3.63) is 52.3 Å². The van der Waals surface area contributed by atoms with Gasteiger partial charge in [0.1, 0.15) is 0 Å². The Labute approximate surface area is 156 Å². The molecule has 0 bridgehead atoms. The predicted octanol–water partition coefficient (Wildman–Crippen LogP) is 3.20. The van der Waals surface area contributed by atoms with E-state index in [-0.39, 0.29) is 13.1 Å². The third-order valence-electron chi connectivity index (χ3n) is 4.44. The normalized spacial score (nSPS) is 15.4. The molecule has 0 unspecified atom stereocenters. The van der Waals surface area contributed by atoms with E-state index in [2.05, 4.69) is 10.4 Å². The topological polar surface area (TPSA) is 84.2 Å². The lowest BCUT2D eigenvalue weighted by Crippen LogP contribution is -2.34. The monoisotopic (exact) mass is 401 g/mol. The molecule has 1 aromatic heterocycles. The molecule has 27 heavy (non-hydrogen) atoms. The summed E-state index contributed by atoms with van der Waals surface area (Å²) in [7, 11) is 0. The molecule has 1 fully saturated rings. The Morgan fingerprint density at radius 2 is 1.89 bits per heavy atom. The van der Waals surface area contributed by atoms with E-state index in [9.17, 15) is 22.8 Å². The highest BCUT2D eigenvalue weighted by Crippen LogP contribution is 2.45. The van der Waals surface area contributed by atoms with E-state index >= 15 is 0 Å². The number of aromatic nitrogens is 2. The quantitative estimate of drug-likeness (QED) is 0.778. The van der Waals surface area contributed by atoms with Crippen molar-refractivity contribution < 1.29 is 27.9 Å². The molecule has 1 aliphatic rings. The van der Waals surface area contributed by atoms with Crippen LogP contribution in [0, 0.1) is 5.41 Å². The second-order valence-corrected chi connectivity index (χ2v) is 6.89. The fraction of sp³-hybridized carbons (Fsp3) is 0.353. The Bertz CT molecular complexity index is 874. The minimum atomic E-state index is -4.63. The van der Waals surface area contributed by atoms with Crippen LogP contribution in [0.1, 0.15) is 34.5 Å². The second-order valence-electron chi connectivity index (χ2n) is 6.49. The van der Waals surface area contributed by atoms with Crippen molar-refractivity contribution in [2.45, 2.75) is 25.6 Å². The lowest BCUT2D eigenvalue weighted by molar-refractivity contribution is -0.143. The number of hydrogen-bond acceptors (Lipinski definition) is 3. The third-order valence-corrected chi connectivity index (χ3v) is 4.72. The van der Waals surface area contributed by atoms with Crippen molar-refractivity contribution in [1.82, 2.24) is 15.1 Å². The smallest absolute Gasteiger partial charge is 0.436 e. The first kappa shape index (κ1) is 19.2. The molecule has 1 aromatic carbocycles. The Morgan fingerprint density at radius 3 is 2.37 bits per heavy atom. The van der Waals surface area contributed by atoms with Crippen LogP contribution in [0.2, 0.25) is 5.02 Å². The van der Waals surface area contributed by atoms with Gasteiger partial charge in [-0.1, -0.05) is 23.7 Å². The molecule has 1 aliphatic carbocycles. The van der Waals surface area contributed by atoms with E-state index in [1.807, 2.05) is 0 Å². The molecule has 0 atom stereocenters. The molecule has 2 aromatic rings. The van der Waals surface area contributed by atoms with Crippen molar-refractivity contribution in [1.29, 1.82) is 0 Å². The number of nitrogens with one attached hydrogen (secondary N) is 1. The van der Waals surface area contributed by atoms with Gasteiger partial charge in [0.2, 0.25) is 0 Å². The Kier molecular flexibility index (Phi) is 4.90. The van der Waals surface area contributed by atoms with Crippen molar-refractivity contribution >= 4 is 23.5 Å². The van der Waals surface area contributed by atoms with Gasteiger partial charge in [0.25, 0.3) is 5.91 Å². The number of hydrogen-bond donors (Lipinski definition) is 2. The van der Waals surface area contributed by atoms with Crippen LogP contribution in [-0.2, 0) is 17.5 Å². The largest absolute Gasteiger partial charge is 0.481 e. The summed E-state index contributed by atoms with van der Waals surface area (Å²) in [5.41, 5.74) is -1.05. The highest BCUT2D eigenvalue weighted by Gasteiger charge is 2.50. The summed E-state index contributed by atoms with van der Waals surface area (Å²) in [6.45, 7) is 0.120. The molecule has 3 rings (SSSR count). The summed E-state index contributed by atoms with van der Waals surface area (Å²) in [5.74, 6) is -1.33. The molecule has 1 heterocycles. The zero-order chi connectivity index (χ0) is 19.8. The van der Waals surface area contributed by atoms with Crippen LogP contribution in [0.15, 0.2) is 30.5 Å². The zero-order valence-electron chi connectivity index (χ0n) is 13.9. The van der Waals surface area contributed by atoms with E-state index in [1.165, 1.54) is 12.1 Å². The van der Waals surface area contributed by atoms with E-state index in [0.29, 0.717) is 24.0 Å². The number of carbonyl (C=O) groups excluding carboxylic acids is 1. The highest BCUT2D eigenvalue weighted by molar-refractivity contribution is 6.31. The molecule has 144 valence electrons. The van der Waals surface area contributed by atoms with Gasteiger partial charge >= 0.3 is 12.1 Å². The van der Waals surface area contributed by atoms with E-state index in [0.717, 1.165) is 10.9 Å². The predicted molar refractivity (Wildman–Crippen MR) is 89.4 cm³/mol. The minimum absolute atomic E-state index is 0.0554. The molecule has 0 aliphatic heterocycles. The zero-order valence-corrected chi connectivity index (χ0v) is 14.6. The maximum Gasteiger partial charge on any atom is 0.436 e. The van der Waals surface area contributed by atoms with Gasteiger partial charge in [0.05, 0.1) is 17.0 Å². The molecule has 0 saturated heterocycles. The number of halogens is 4. The number of carbonyl (C=O) groups is 2. The highest BCUT2D eigenvalue weighted by atomic mass is 35.5. The molecular weight excluding hydrogens is 387 g/mol. The summed E-state index contributed by atoms with van der Waals surface area (Å²) in [5, 5.41) is 14.7. The van der Waals surface area contributed by atoms with Gasteiger partial charge in [-0.05, 0) is 30.5 Å². The Hall–Kier alpha value is -2.55. The van der Waals surface area contributed by atoms with E-state index in [4.69, 9.17) is 16.7 Å². The Balaban J connectivity index is 1.62. The second kappa shape index (κ2) is 6.88. The standard InChI is InChI=1S/C17H15ClF3N3O3/c18-12-8-24(23-13(12)17(19,20)21)7-10-1-3-11(4-2-10)14(25)22-9-16(5-6-16)15(26)27/h1-4,8H,5-7,9H2,(H,22,25)(H,26,27). The van der Waals surface area contributed by atoms with Crippen LogP contribution >= 0.6 is 11.6 Å².